The molecule has 0 aliphatic carbocycles. The van der Waals surface area contributed by atoms with Crippen molar-refractivity contribution in [3.05, 3.63) is 93.5 Å². The summed E-state index contributed by atoms with van der Waals surface area (Å²) in [6.45, 7) is 0.379. The topological polar surface area (TPSA) is 55.8 Å². The Bertz CT molecular complexity index is 942. The summed E-state index contributed by atoms with van der Waals surface area (Å²) in [6.07, 6.45) is 0. The van der Waals surface area contributed by atoms with Crippen molar-refractivity contribution in [2.75, 3.05) is 0 Å². The second-order valence-corrected chi connectivity index (χ2v) is 6.58. The van der Waals surface area contributed by atoms with E-state index in [4.69, 9.17) is 32.7 Å². The molecule has 0 heterocycles. The van der Waals surface area contributed by atoms with Crippen molar-refractivity contribution in [2.45, 2.75) is 13.2 Å². The molecule has 0 amide bonds. The lowest BCUT2D eigenvalue weighted by Gasteiger charge is -2.15. The number of rotatable bonds is 7. The third-order valence-corrected chi connectivity index (χ3v) is 4.42. The first-order chi connectivity index (χ1) is 13.0. The Morgan fingerprint density at radius 3 is 2.37 bits per heavy atom. The third kappa shape index (κ3) is 4.94. The molecule has 0 saturated heterocycles. The monoisotopic (exact) mass is 402 g/mol. The lowest BCUT2D eigenvalue weighted by atomic mass is 10.1. The molecule has 138 valence electrons. The first-order valence-electron chi connectivity index (χ1n) is 8.14. The zero-order valence-electron chi connectivity index (χ0n) is 14.2. The summed E-state index contributed by atoms with van der Waals surface area (Å²) in [6, 6.07) is 19.4. The zero-order valence-corrected chi connectivity index (χ0v) is 15.7. The van der Waals surface area contributed by atoms with Gasteiger partial charge in [-0.3, -0.25) is 0 Å². The molecule has 0 saturated carbocycles. The Labute approximate surface area is 166 Å². The first kappa shape index (κ1) is 19.1. The van der Waals surface area contributed by atoms with E-state index in [2.05, 4.69) is 0 Å². The van der Waals surface area contributed by atoms with Crippen LogP contribution in [-0.4, -0.2) is 11.1 Å². The van der Waals surface area contributed by atoms with Crippen LogP contribution >= 0.6 is 23.2 Å². The minimum absolute atomic E-state index is 0.0191. The second-order valence-electron chi connectivity index (χ2n) is 5.74. The molecule has 1 N–H and O–H groups in total. The summed E-state index contributed by atoms with van der Waals surface area (Å²) in [5, 5.41) is 10.4. The van der Waals surface area contributed by atoms with E-state index < -0.39 is 5.97 Å². The van der Waals surface area contributed by atoms with Crippen LogP contribution in [0.25, 0.3) is 0 Å². The van der Waals surface area contributed by atoms with Crippen LogP contribution < -0.4 is 9.47 Å². The SMILES string of the molecule is O=C(O)c1cccc(OCc2ccccc2)c1OCc1ccc(Cl)cc1Cl. The van der Waals surface area contributed by atoms with E-state index in [0.717, 1.165) is 5.56 Å². The van der Waals surface area contributed by atoms with Gasteiger partial charge in [0.2, 0.25) is 0 Å². The highest BCUT2D eigenvalue weighted by molar-refractivity contribution is 6.35. The van der Waals surface area contributed by atoms with Crippen LogP contribution in [0.5, 0.6) is 11.5 Å². The lowest BCUT2D eigenvalue weighted by molar-refractivity contribution is 0.0690. The number of halogens is 2. The number of carbonyl (C=O) groups is 1. The van der Waals surface area contributed by atoms with Gasteiger partial charge in [0.1, 0.15) is 18.8 Å². The number of hydrogen-bond donors (Lipinski definition) is 1. The van der Waals surface area contributed by atoms with Gasteiger partial charge in [-0.15, -0.1) is 0 Å². The van der Waals surface area contributed by atoms with Crippen LogP contribution in [0.15, 0.2) is 66.7 Å². The maximum Gasteiger partial charge on any atom is 0.339 e. The van der Waals surface area contributed by atoms with Gasteiger partial charge in [-0.2, -0.15) is 0 Å². The van der Waals surface area contributed by atoms with Gasteiger partial charge in [0, 0.05) is 15.6 Å². The Balaban J connectivity index is 1.83. The van der Waals surface area contributed by atoms with E-state index in [1.807, 2.05) is 30.3 Å². The average molecular weight is 403 g/mol. The van der Waals surface area contributed by atoms with E-state index in [9.17, 15) is 9.90 Å². The molecule has 0 unspecified atom stereocenters. The van der Waals surface area contributed by atoms with E-state index in [0.29, 0.717) is 28.0 Å². The number of carboxylic acids is 1. The average Bonchev–Trinajstić information content (AvgIpc) is 2.66. The molecule has 0 bridgehead atoms. The Kier molecular flexibility index (Phi) is 6.22. The smallest absolute Gasteiger partial charge is 0.339 e. The van der Waals surface area contributed by atoms with E-state index in [1.165, 1.54) is 6.07 Å². The van der Waals surface area contributed by atoms with Crippen molar-refractivity contribution in [3.63, 3.8) is 0 Å². The third-order valence-electron chi connectivity index (χ3n) is 3.83. The first-order valence-corrected chi connectivity index (χ1v) is 8.90. The number of aromatic carboxylic acids is 1. The molecule has 0 radical (unpaired) electrons. The van der Waals surface area contributed by atoms with Gasteiger partial charge < -0.3 is 14.6 Å². The quantitative estimate of drug-likeness (QED) is 0.538. The second kappa shape index (κ2) is 8.80. The molecule has 0 aliphatic heterocycles. The van der Waals surface area contributed by atoms with E-state index in [-0.39, 0.29) is 17.9 Å². The Morgan fingerprint density at radius 2 is 1.67 bits per heavy atom. The number of hydrogen-bond acceptors (Lipinski definition) is 3. The molecule has 0 fully saturated rings. The summed E-state index contributed by atoms with van der Waals surface area (Å²) in [4.78, 5) is 11.6. The van der Waals surface area contributed by atoms with Gasteiger partial charge in [0.25, 0.3) is 0 Å². The molecule has 3 aromatic carbocycles. The fourth-order valence-corrected chi connectivity index (χ4v) is 2.93. The summed E-state index contributed by atoms with van der Waals surface area (Å²) in [5.41, 5.74) is 1.67. The van der Waals surface area contributed by atoms with Crippen LogP contribution in [0, 0.1) is 0 Å². The summed E-state index contributed by atoms with van der Waals surface area (Å²) in [7, 11) is 0. The molecule has 3 aromatic rings. The molecule has 27 heavy (non-hydrogen) atoms. The largest absolute Gasteiger partial charge is 0.485 e. The standard InChI is InChI=1S/C21H16Cl2O4/c22-16-10-9-15(18(23)11-16)13-27-20-17(21(24)25)7-4-8-19(20)26-12-14-5-2-1-3-6-14/h1-11H,12-13H2,(H,24,25). The van der Waals surface area contributed by atoms with Gasteiger partial charge in [-0.1, -0.05) is 65.7 Å². The maximum atomic E-state index is 11.6. The van der Waals surface area contributed by atoms with E-state index >= 15 is 0 Å². The van der Waals surface area contributed by atoms with Crippen molar-refractivity contribution in [1.82, 2.24) is 0 Å². The number of benzene rings is 3. The van der Waals surface area contributed by atoms with Crippen LogP contribution in [-0.2, 0) is 13.2 Å². The summed E-state index contributed by atoms with van der Waals surface area (Å²) < 4.78 is 11.6. The van der Waals surface area contributed by atoms with Crippen molar-refractivity contribution < 1.29 is 19.4 Å². The Hall–Kier alpha value is -2.69. The number of para-hydroxylation sites is 1. The van der Waals surface area contributed by atoms with Crippen LogP contribution in [0.2, 0.25) is 10.0 Å². The molecular weight excluding hydrogens is 387 g/mol. The van der Waals surface area contributed by atoms with Gasteiger partial charge in [-0.25, -0.2) is 4.79 Å². The highest BCUT2D eigenvalue weighted by atomic mass is 35.5. The minimum atomic E-state index is -1.10. The normalized spacial score (nSPS) is 10.4. The molecule has 0 aromatic heterocycles. The molecule has 0 aliphatic rings. The predicted octanol–water partition coefficient (Wildman–Crippen LogP) is 5.85. The molecular formula is C21H16Cl2O4. The van der Waals surface area contributed by atoms with Crippen molar-refractivity contribution in [1.29, 1.82) is 0 Å². The number of carboxylic acid groups (broad SMARTS) is 1. The molecule has 0 atom stereocenters. The molecule has 0 spiro atoms. The molecule has 3 rings (SSSR count). The predicted molar refractivity (Wildman–Crippen MR) is 105 cm³/mol. The minimum Gasteiger partial charge on any atom is -0.485 e. The fraction of sp³-hybridized carbons (Fsp3) is 0.0952. The number of ether oxygens (including phenoxy) is 2. The van der Waals surface area contributed by atoms with Gasteiger partial charge >= 0.3 is 5.97 Å². The highest BCUT2D eigenvalue weighted by Gasteiger charge is 2.17. The zero-order chi connectivity index (χ0) is 19.2. The van der Waals surface area contributed by atoms with Gasteiger partial charge in [0.05, 0.1) is 0 Å². The summed E-state index contributed by atoms with van der Waals surface area (Å²) >= 11 is 12.1. The lowest BCUT2D eigenvalue weighted by Crippen LogP contribution is -2.06. The molecule has 4 nitrogen and oxygen atoms in total. The van der Waals surface area contributed by atoms with Gasteiger partial charge in [0.15, 0.2) is 11.5 Å². The van der Waals surface area contributed by atoms with Crippen LogP contribution in [0.3, 0.4) is 0 Å². The van der Waals surface area contributed by atoms with Crippen LogP contribution in [0.4, 0.5) is 0 Å². The highest BCUT2D eigenvalue weighted by Crippen LogP contribution is 2.33. The van der Waals surface area contributed by atoms with Crippen molar-refractivity contribution in [2.24, 2.45) is 0 Å². The summed E-state index contributed by atoms with van der Waals surface area (Å²) in [5.74, 6) is -0.590. The van der Waals surface area contributed by atoms with Crippen LogP contribution in [0.1, 0.15) is 21.5 Å². The fourth-order valence-electron chi connectivity index (χ4n) is 2.47. The van der Waals surface area contributed by atoms with Gasteiger partial charge in [-0.05, 0) is 29.8 Å². The molecule has 6 heteroatoms. The van der Waals surface area contributed by atoms with E-state index in [1.54, 1.807) is 30.3 Å². The Morgan fingerprint density at radius 1 is 0.889 bits per heavy atom. The van der Waals surface area contributed by atoms with Crippen molar-refractivity contribution in [3.8, 4) is 11.5 Å². The van der Waals surface area contributed by atoms with Crippen molar-refractivity contribution >= 4 is 29.2 Å². The maximum absolute atomic E-state index is 11.6.